The van der Waals surface area contributed by atoms with Gasteiger partial charge in [0.15, 0.2) is 5.03 Å². The van der Waals surface area contributed by atoms with Crippen LogP contribution in [0.2, 0.25) is 0 Å². The molecular weight excluding hydrogens is 356 g/mol. The van der Waals surface area contributed by atoms with E-state index >= 15 is 0 Å². The van der Waals surface area contributed by atoms with E-state index in [0.717, 1.165) is 11.4 Å². The minimum Gasteiger partial charge on any atom is -0.369 e. The van der Waals surface area contributed by atoms with Gasteiger partial charge in [0, 0.05) is 38.1 Å². The van der Waals surface area contributed by atoms with Crippen molar-refractivity contribution in [2.75, 3.05) is 18.4 Å². The third-order valence-electron chi connectivity index (χ3n) is 3.83. The monoisotopic (exact) mass is 376 g/mol. The third-order valence-corrected chi connectivity index (χ3v) is 5.18. The molecule has 3 aromatic rings. The number of aromatic nitrogens is 6. The molecule has 0 saturated heterocycles. The number of nitrogens with one attached hydrogen (secondary N) is 2. The summed E-state index contributed by atoms with van der Waals surface area (Å²) in [7, 11) is -1.90. The van der Waals surface area contributed by atoms with Crippen LogP contribution in [0.15, 0.2) is 36.3 Å². The largest absolute Gasteiger partial charge is 0.369 e. The molecule has 26 heavy (non-hydrogen) atoms. The van der Waals surface area contributed by atoms with E-state index in [-0.39, 0.29) is 11.6 Å². The fourth-order valence-corrected chi connectivity index (χ4v) is 3.29. The maximum Gasteiger partial charge on any atom is 0.259 e. The van der Waals surface area contributed by atoms with Crippen molar-refractivity contribution in [1.29, 1.82) is 0 Å². The van der Waals surface area contributed by atoms with Crippen LogP contribution in [0.25, 0.3) is 5.82 Å². The van der Waals surface area contributed by atoms with Gasteiger partial charge in [0.25, 0.3) is 10.0 Å². The van der Waals surface area contributed by atoms with E-state index in [2.05, 4.69) is 30.0 Å². The second-order valence-electron chi connectivity index (χ2n) is 5.75. The Morgan fingerprint density at radius 3 is 2.54 bits per heavy atom. The highest BCUT2D eigenvalue weighted by Crippen LogP contribution is 2.13. The van der Waals surface area contributed by atoms with Gasteiger partial charge in [0.2, 0.25) is 0 Å². The van der Waals surface area contributed by atoms with E-state index in [1.54, 1.807) is 24.0 Å². The predicted octanol–water partition coefficient (Wildman–Crippen LogP) is 0.403. The predicted molar refractivity (Wildman–Crippen MR) is 95.5 cm³/mol. The first-order chi connectivity index (χ1) is 12.4. The summed E-state index contributed by atoms with van der Waals surface area (Å²) in [5.41, 5.74) is 1.93. The summed E-state index contributed by atoms with van der Waals surface area (Å²) in [6.07, 6.45) is 6.04. The molecule has 0 aromatic carbocycles. The van der Waals surface area contributed by atoms with E-state index in [1.807, 2.05) is 18.4 Å². The van der Waals surface area contributed by atoms with Gasteiger partial charge in [0.05, 0.1) is 12.0 Å². The number of aryl methyl sites for hydroxylation is 2. The molecule has 0 bridgehead atoms. The lowest BCUT2D eigenvalue weighted by Crippen LogP contribution is -2.29. The van der Waals surface area contributed by atoms with Crippen molar-refractivity contribution < 1.29 is 8.42 Å². The lowest BCUT2D eigenvalue weighted by atomic mass is 10.4. The van der Waals surface area contributed by atoms with E-state index in [9.17, 15) is 8.42 Å². The standard InChI is InChI=1S/C15H20N8O2S/c1-11-12(2)23(10-19-11)14-6-13(17-8-18-14)16-4-5-21-26(24,25)15-7-22(3)9-20-15/h6-10,21H,4-5H2,1-3H3,(H,16,17,18). The van der Waals surface area contributed by atoms with Gasteiger partial charge in [0.1, 0.15) is 24.3 Å². The summed E-state index contributed by atoms with van der Waals surface area (Å²) in [5.74, 6) is 1.28. The summed E-state index contributed by atoms with van der Waals surface area (Å²) < 4.78 is 30.1. The highest BCUT2D eigenvalue weighted by molar-refractivity contribution is 7.89. The number of rotatable bonds is 7. The lowest BCUT2D eigenvalue weighted by molar-refractivity contribution is 0.579. The van der Waals surface area contributed by atoms with Crippen molar-refractivity contribution in [2.45, 2.75) is 18.9 Å². The van der Waals surface area contributed by atoms with Crippen LogP contribution in [-0.4, -0.2) is 50.6 Å². The van der Waals surface area contributed by atoms with Gasteiger partial charge in [-0.2, -0.15) is 0 Å². The SMILES string of the molecule is Cc1ncn(-c2cc(NCCNS(=O)(=O)c3cn(C)cn3)ncn2)c1C. The topological polar surface area (TPSA) is 120 Å². The zero-order chi connectivity index (χ0) is 18.7. The van der Waals surface area contributed by atoms with Crippen molar-refractivity contribution >= 4 is 15.8 Å². The Kier molecular flexibility index (Phi) is 5.00. The average Bonchev–Trinajstić information content (AvgIpc) is 3.19. The van der Waals surface area contributed by atoms with E-state index < -0.39 is 10.0 Å². The number of sulfonamides is 1. The second-order valence-corrected chi connectivity index (χ2v) is 7.46. The number of nitrogens with zero attached hydrogens (tertiary/aromatic N) is 6. The van der Waals surface area contributed by atoms with Gasteiger partial charge in [-0.15, -0.1) is 0 Å². The molecule has 2 N–H and O–H groups in total. The summed E-state index contributed by atoms with van der Waals surface area (Å²) >= 11 is 0. The number of hydrogen-bond acceptors (Lipinski definition) is 7. The highest BCUT2D eigenvalue weighted by atomic mass is 32.2. The molecular formula is C15H20N8O2S. The van der Waals surface area contributed by atoms with Crippen molar-refractivity contribution in [3.8, 4) is 5.82 Å². The van der Waals surface area contributed by atoms with E-state index in [4.69, 9.17) is 0 Å². The molecule has 0 aliphatic heterocycles. The molecule has 3 rings (SSSR count). The molecule has 0 amide bonds. The Morgan fingerprint density at radius 2 is 1.88 bits per heavy atom. The fraction of sp³-hybridized carbons (Fsp3) is 0.333. The smallest absolute Gasteiger partial charge is 0.259 e. The van der Waals surface area contributed by atoms with Gasteiger partial charge < -0.3 is 9.88 Å². The minimum atomic E-state index is -3.61. The third kappa shape index (κ3) is 3.89. The van der Waals surface area contributed by atoms with Crippen LogP contribution < -0.4 is 10.0 Å². The van der Waals surface area contributed by atoms with Crippen LogP contribution in [-0.2, 0) is 17.1 Å². The summed E-state index contributed by atoms with van der Waals surface area (Å²) in [5, 5.41) is 3.07. The molecule has 3 aromatic heterocycles. The highest BCUT2D eigenvalue weighted by Gasteiger charge is 2.16. The maximum absolute atomic E-state index is 12.1. The molecule has 10 nitrogen and oxygen atoms in total. The van der Waals surface area contributed by atoms with Crippen molar-refractivity contribution in [2.24, 2.45) is 7.05 Å². The van der Waals surface area contributed by atoms with Crippen LogP contribution in [0.1, 0.15) is 11.4 Å². The first kappa shape index (κ1) is 18.0. The summed E-state index contributed by atoms with van der Waals surface area (Å²) in [6, 6.07) is 1.78. The van der Waals surface area contributed by atoms with E-state index in [0.29, 0.717) is 18.2 Å². The molecule has 0 spiro atoms. The van der Waals surface area contributed by atoms with Crippen LogP contribution >= 0.6 is 0 Å². The molecule has 0 atom stereocenters. The molecule has 11 heteroatoms. The molecule has 0 unspecified atom stereocenters. The zero-order valence-corrected chi connectivity index (χ0v) is 15.5. The fourth-order valence-electron chi connectivity index (χ4n) is 2.28. The second kappa shape index (κ2) is 7.22. The van der Waals surface area contributed by atoms with Gasteiger partial charge >= 0.3 is 0 Å². The summed E-state index contributed by atoms with van der Waals surface area (Å²) in [6.45, 7) is 4.45. The van der Waals surface area contributed by atoms with Crippen molar-refractivity contribution in [3.05, 3.63) is 42.6 Å². The molecule has 0 radical (unpaired) electrons. The summed E-state index contributed by atoms with van der Waals surface area (Å²) in [4.78, 5) is 16.5. The van der Waals surface area contributed by atoms with Crippen LogP contribution in [0.4, 0.5) is 5.82 Å². The van der Waals surface area contributed by atoms with Gasteiger partial charge in [-0.05, 0) is 13.8 Å². The zero-order valence-electron chi connectivity index (χ0n) is 14.7. The maximum atomic E-state index is 12.1. The van der Waals surface area contributed by atoms with Gasteiger partial charge in [-0.1, -0.05) is 0 Å². The molecule has 3 heterocycles. The average molecular weight is 376 g/mol. The number of imidazole rings is 2. The van der Waals surface area contributed by atoms with Gasteiger partial charge in [-0.3, -0.25) is 4.57 Å². The van der Waals surface area contributed by atoms with Gasteiger partial charge in [-0.25, -0.2) is 33.1 Å². The lowest BCUT2D eigenvalue weighted by Gasteiger charge is -2.09. The Hall–Kier alpha value is -2.79. The van der Waals surface area contributed by atoms with Crippen LogP contribution in [0.3, 0.4) is 0 Å². The first-order valence-electron chi connectivity index (χ1n) is 7.91. The molecule has 0 fully saturated rings. The Balaban J connectivity index is 1.59. The number of anilines is 1. The Bertz CT molecular complexity index is 1010. The molecule has 0 saturated carbocycles. The first-order valence-corrected chi connectivity index (χ1v) is 9.39. The Morgan fingerprint density at radius 1 is 1.08 bits per heavy atom. The van der Waals surface area contributed by atoms with Crippen LogP contribution in [0.5, 0.6) is 0 Å². The normalized spacial score (nSPS) is 11.7. The quantitative estimate of drug-likeness (QED) is 0.573. The Labute approximate surface area is 151 Å². The molecule has 0 aliphatic carbocycles. The molecule has 138 valence electrons. The molecule has 0 aliphatic rings. The van der Waals surface area contributed by atoms with Crippen molar-refractivity contribution in [3.63, 3.8) is 0 Å². The minimum absolute atomic E-state index is 0.00437. The number of hydrogen-bond donors (Lipinski definition) is 2. The van der Waals surface area contributed by atoms with Crippen LogP contribution in [0, 0.1) is 13.8 Å². The van der Waals surface area contributed by atoms with E-state index in [1.165, 1.54) is 18.9 Å². The van der Waals surface area contributed by atoms with Crippen molar-refractivity contribution in [1.82, 2.24) is 33.8 Å².